The van der Waals surface area contributed by atoms with Crippen LogP contribution in [0.15, 0.2) is 54.6 Å². The number of amides is 2. The van der Waals surface area contributed by atoms with Gasteiger partial charge in [0.15, 0.2) is 0 Å². The monoisotopic (exact) mass is 355 g/mol. The molecule has 0 fully saturated rings. The lowest BCUT2D eigenvalue weighted by Crippen LogP contribution is -2.30. The van der Waals surface area contributed by atoms with Crippen molar-refractivity contribution < 1.29 is 9.90 Å². The fourth-order valence-corrected chi connectivity index (χ4v) is 2.76. The Bertz CT molecular complexity index is 676. The molecule has 0 aliphatic heterocycles. The van der Waals surface area contributed by atoms with E-state index >= 15 is 0 Å². The molecule has 3 N–H and O–H groups in total. The Morgan fingerprint density at radius 1 is 1.12 bits per heavy atom. The minimum absolute atomic E-state index is 0.183. The van der Waals surface area contributed by atoms with Crippen molar-refractivity contribution in [2.45, 2.75) is 32.4 Å². The van der Waals surface area contributed by atoms with Crippen LogP contribution in [0.3, 0.4) is 0 Å². The SMILES string of the molecule is CCCCNC(=O)Nc1ccccc1CN(C)CC(O)c1ccccc1. The van der Waals surface area contributed by atoms with E-state index in [0.29, 0.717) is 19.6 Å². The van der Waals surface area contributed by atoms with Crippen LogP contribution in [0, 0.1) is 0 Å². The number of anilines is 1. The molecule has 140 valence electrons. The molecule has 1 unspecified atom stereocenters. The first-order chi connectivity index (χ1) is 12.6. The number of benzene rings is 2. The summed E-state index contributed by atoms with van der Waals surface area (Å²) in [5.41, 5.74) is 2.71. The summed E-state index contributed by atoms with van der Waals surface area (Å²) in [5.74, 6) is 0. The number of urea groups is 1. The highest BCUT2D eigenvalue weighted by Crippen LogP contribution is 2.19. The highest BCUT2D eigenvalue weighted by Gasteiger charge is 2.13. The number of nitrogens with one attached hydrogen (secondary N) is 2. The standard InChI is InChI=1S/C21H29N3O2/c1-3-4-14-22-21(26)23-19-13-9-8-12-18(19)15-24(2)16-20(25)17-10-6-5-7-11-17/h5-13,20,25H,3-4,14-16H2,1-2H3,(H2,22,23,26). The van der Waals surface area contributed by atoms with Crippen molar-refractivity contribution in [3.8, 4) is 0 Å². The summed E-state index contributed by atoms with van der Waals surface area (Å²) >= 11 is 0. The van der Waals surface area contributed by atoms with Crippen molar-refractivity contribution in [1.29, 1.82) is 0 Å². The Kier molecular flexibility index (Phi) is 8.12. The molecule has 0 spiro atoms. The second kappa shape index (κ2) is 10.6. The lowest BCUT2D eigenvalue weighted by molar-refractivity contribution is 0.124. The minimum Gasteiger partial charge on any atom is -0.387 e. The van der Waals surface area contributed by atoms with Gasteiger partial charge in [-0.25, -0.2) is 4.79 Å². The molecule has 0 aliphatic rings. The molecule has 0 saturated carbocycles. The van der Waals surface area contributed by atoms with Crippen molar-refractivity contribution in [2.75, 3.05) is 25.5 Å². The number of nitrogens with zero attached hydrogens (tertiary/aromatic N) is 1. The minimum atomic E-state index is -0.543. The van der Waals surface area contributed by atoms with Crippen LogP contribution in [-0.4, -0.2) is 36.2 Å². The van der Waals surface area contributed by atoms with E-state index in [4.69, 9.17) is 0 Å². The van der Waals surface area contributed by atoms with Crippen LogP contribution in [0.4, 0.5) is 10.5 Å². The van der Waals surface area contributed by atoms with Crippen LogP contribution >= 0.6 is 0 Å². The maximum absolute atomic E-state index is 12.0. The van der Waals surface area contributed by atoms with Crippen molar-refractivity contribution in [3.05, 3.63) is 65.7 Å². The number of aliphatic hydroxyl groups excluding tert-OH is 1. The fourth-order valence-electron chi connectivity index (χ4n) is 2.76. The van der Waals surface area contributed by atoms with Crippen molar-refractivity contribution in [2.24, 2.45) is 0 Å². The summed E-state index contributed by atoms with van der Waals surface area (Å²) in [5, 5.41) is 16.2. The first kappa shape index (κ1) is 19.9. The third-order valence-corrected chi connectivity index (χ3v) is 4.19. The zero-order valence-electron chi connectivity index (χ0n) is 15.6. The highest BCUT2D eigenvalue weighted by molar-refractivity contribution is 5.90. The van der Waals surface area contributed by atoms with Crippen LogP contribution in [0.25, 0.3) is 0 Å². The van der Waals surface area contributed by atoms with Crippen LogP contribution < -0.4 is 10.6 Å². The van der Waals surface area contributed by atoms with Gasteiger partial charge in [-0.15, -0.1) is 0 Å². The number of para-hydroxylation sites is 1. The summed E-state index contributed by atoms with van der Waals surface area (Å²) in [6.07, 6.45) is 1.47. The second-order valence-corrected chi connectivity index (χ2v) is 6.51. The molecule has 2 amide bonds. The number of aliphatic hydroxyl groups is 1. The Morgan fingerprint density at radius 2 is 1.81 bits per heavy atom. The first-order valence-corrected chi connectivity index (χ1v) is 9.14. The molecule has 1 atom stereocenters. The van der Waals surface area contributed by atoms with E-state index in [1.807, 2.05) is 66.5 Å². The molecule has 0 heterocycles. The zero-order chi connectivity index (χ0) is 18.8. The molecule has 26 heavy (non-hydrogen) atoms. The zero-order valence-corrected chi connectivity index (χ0v) is 15.6. The van der Waals surface area contributed by atoms with Gasteiger partial charge in [-0.2, -0.15) is 0 Å². The number of carbonyl (C=O) groups is 1. The van der Waals surface area contributed by atoms with E-state index in [9.17, 15) is 9.90 Å². The summed E-state index contributed by atoms with van der Waals surface area (Å²) in [4.78, 5) is 14.1. The predicted molar refractivity (Wildman–Crippen MR) is 106 cm³/mol. The molecule has 0 saturated heterocycles. The van der Waals surface area contributed by atoms with Crippen LogP contribution in [-0.2, 0) is 6.54 Å². The number of likely N-dealkylation sites (N-methyl/N-ethyl adjacent to an activating group) is 1. The third kappa shape index (κ3) is 6.50. The lowest BCUT2D eigenvalue weighted by atomic mass is 10.1. The van der Waals surface area contributed by atoms with Gasteiger partial charge in [-0.1, -0.05) is 61.9 Å². The first-order valence-electron chi connectivity index (χ1n) is 9.14. The van der Waals surface area contributed by atoms with Crippen molar-refractivity contribution >= 4 is 11.7 Å². The molecule has 0 aliphatic carbocycles. The van der Waals surface area contributed by atoms with Gasteiger partial charge < -0.3 is 15.7 Å². The van der Waals surface area contributed by atoms with E-state index in [2.05, 4.69) is 17.6 Å². The number of hydrogen-bond acceptors (Lipinski definition) is 3. The van der Waals surface area contributed by atoms with Crippen LogP contribution in [0.1, 0.15) is 37.0 Å². The Morgan fingerprint density at radius 3 is 2.54 bits per heavy atom. The molecule has 2 rings (SSSR count). The molecule has 2 aromatic carbocycles. The van der Waals surface area contributed by atoms with Gasteiger partial charge in [0.05, 0.1) is 6.10 Å². The Labute approximate surface area is 156 Å². The third-order valence-electron chi connectivity index (χ3n) is 4.19. The molecule has 5 nitrogen and oxygen atoms in total. The quantitative estimate of drug-likeness (QED) is 0.600. The topological polar surface area (TPSA) is 64.6 Å². The fraction of sp³-hybridized carbons (Fsp3) is 0.381. The normalized spacial score (nSPS) is 12.0. The number of unbranched alkanes of at least 4 members (excludes halogenated alkanes) is 1. The van der Waals surface area contributed by atoms with Gasteiger partial charge in [0.2, 0.25) is 0 Å². The smallest absolute Gasteiger partial charge is 0.319 e. The van der Waals surface area contributed by atoms with Crippen molar-refractivity contribution in [1.82, 2.24) is 10.2 Å². The van der Waals surface area contributed by atoms with Gasteiger partial charge in [-0.3, -0.25) is 4.90 Å². The summed E-state index contributed by atoms with van der Waals surface area (Å²) in [6.45, 7) is 3.92. The predicted octanol–water partition coefficient (Wildman–Crippen LogP) is 3.77. The largest absolute Gasteiger partial charge is 0.387 e. The van der Waals surface area contributed by atoms with Gasteiger partial charge in [-0.05, 0) is 30.7 Å². The van der Waals surface area contributed by atoms with Gasteiger partial charge in [0, 0.05) is 25.3 Å². The van der Waals surface area contributed by atoms with E-state index < -0.39 is 6.10 Å². The summed E-state index contributed by atoms with van der Waals surface area (Å²) in [6, 6.07) is 17.2. The molecular weight excluding hydrogens is 326 g/mol. The summed E-state index contributed by atoms with van der Waals surface area (Å²) < 4.78 is 0. The average Bonchev–Trinajstić information content (AvgIpc) is 2.64. The maximum Gasteiger partial charge on any atom is 0.319 e. The summed E-state index contributed by atoms with van der Waals surface area (Å²) in [7, 11) is 1.96. The Balaban J connectivity index is 1.93. The van der Waals surface area contributed by atoms with Gasteiger partial charge in [0.25, 0.3) is 0 Å². The average molecular weight is 355 g/mol. The maximum atomic E-state index is 12.0. The van der Waals surface area contributed by atoms with Gasteiger partial charge in [0.1, 0.15) is 0 Å². The number of rotatable bonds is 9. The molecule has 0 aromatic heterocycles. The molecule has 0 radical (unpaired) electrons. The lowest BCUT2D eigenvalue weighted by Gasteiger charge is -2.22. The number of hydrogen-bond donors (Lipinski definition) is 3. The molecule has 0 bridgehead atoms. The molecule has 5 heteroatoms. The highest BCUT2D eigenvalue weighted by atomic mass is 16.3. The Hall–Kier alpha value is -2.37. The molecular formula is C21H29N3O2. The van der Waals surface area contributed by atoms with Crippen molar-refractivity contribution in [3.63, 3.8) is 0 Å². The van der Waals surface area contributed by atoms with Crippen LogP contribution in [0.2, 0.25) is 0 Å². The van der Waals surface area contributed by atoms with E-state index in [1.165, 1.54) is 0 Å². The second-order valence-electron chi connectivity index (χ2n) is 6.51. The van der Waals surface area contributed by atoms with E-state index in [-0.39, 0.29) is 6.03 Å². The van der Waals surface area contributed by atoms with E-state index in [0.717, 1.165) is 29.7 Å². The van der Waals surface area contributed by atoms with Crippen LogP contribution in [0.5, 0.6) is 0 Å². The molecule has 2 aromatic rings. The van der Waals surface area contributed by atoms with E-state index in [1.54, 1.807) is 0 Å². The number of carbonyl (C=O) groups excluding carboxylic acids is 1. The van der Waals surface area contributed by atoms with Gasteiger partial charge >= 0.3 is 6.03 Å².